The Balaban J connectivity index is 1.73. The van der Waals surface area contributed by atoms with Gasteiger partial charge in [-0.05, 0) is 74.6 Å². The molecule has 38 heavy (non-hydrogen) atoms. The first-order valence-corrected chi connectivity index (χ1v) is 13.5. The number of aryl methyl sites for hydroxylation is 2. The Morgan fingerprint density at radius 3 is 2.50 bits per heavy atom. The van der Waals surface area contributed by atoms with Crippen LogP contribution in [-0.2, 0) is 9.53 Å². The second-order valence-corrected chi connectivity index (χ2v) is 10.6. The number of nitrogens with zero attached hydrogens (tertiary/aromatic N) is 3. The molecule has 0 saturated heterocycles. The molecule has 6 nitrogen and oxygen atoms in total. The van der Waals surface area contributed by atoms with Crippen molar-refractivity contribution in [1.29, 1.82) is 0 Å². The number of carbonyl (C=O) groups excluding carboxylic acids is 1. The van der Waals surface area contributed by atoms with E-state index in [9.17, 15) is 9.59 Å². The van der Waals surface area contributed by atoms with Crippen LogP contribution in [0.5, 0.6) is 0 Å². The van der Waals surface area contributed by atoms with Crippen LogP contribution in [0.3, 0.4) is 0 Å². The number of hydrogen-bond donors (Lipinski definition) is 0. The predicted octanol–water partition coefficient (Wildman–Crippen LogP) is 4.82. The summed E-state index contributed by atoms with van der Waals surface area (Å²) in [5, 5.41) is 0. The summed E-state index contributed by atoms with van der Waals surface area (Å²) in [6, 6.07) is 17.4. The number of rotatable bonds is 5. The lowest BCUT2D eigenvalue weighted by atomic mass is 9.95. The molecule has 1 aliphatic rings. The Bertz CT molecular complexity index is 1770. The van der Waals surface area contributed by atoms with Crippen LogP contribution in [-0.4, -0.2) is 22.2 Å². The maximum absolute atomic E-state index is 13.9. The highest BCUT2D eigenvalue weighted by molar-refractivity contribution is 7.07. The van der Waals surface area contributed by atoms with Gasteiger partial charge in [0.15, 0.2) is 4.80 Å². The van der Waals surface area contributed by atoms with E-state index in [-0.39, 0.29) is 5.56 Å². The molecule has 1 aliphatic heterocycles. The summed E-state index contributed by atoms with van der Waals surface area (Å²) in [5.41, 5.74) is 8.47. The van der Waals surface area contributed by atoms with E-state index in [0.29, 0.717) is 27.0 Å². The molecular weight excluding hydrogens is 494 g/mol. The number of hydrogen-bond acceptors (Lipinski definition) is 5. The zero-order valence-electron chi connectivity index (χ0n) is 22.5. The molecule has 0 N–H and O–H groups in total. The molecule has 3 heterocycles. The SMILES string of the molecule is CCC1=C(C(=O)OC)[C@H](c2ccccc2)n2c(s/c(=C\c3cc(C)n(-c4cccc(C)c4C)c3C)c2=O)=N1. The molecule has 5 rings (SSSR count). The standard InChI is InChI=1S/C31H31N3O3S/c1-7-24-27(30(36)37-6)28(22-13-9-8-10-14-22)34-29(35)26(38-31(34)32-24)17-23-16-19(3)33(21(23)5)25-15-11-12-18(2)20(25)4/h8-17,28H,7H2,1-6H3/b26-17-/t28-/m0/s1. The number of fused-ring (bicyclic) bond motifs is 1. The van der Waals surface area contributed by atoms with E-state index in [1.165, 1.54) is 29.6 Å². The molecule has 4 aromatic rings. The molecule has 2 aromatic heterocycles. The number of aromatic nitrogens is 2. The summed E-state index contributed by atoms with van der Waals surface area (Å²) in [6.45, 7) is 10.4. The highest BCUT2D eigenvalue weighted by Gasteiger charge is 2.33. The van der Waals surface area contributed by atoms with Crippen LogP contribution < -0.4 is 14.9 Å². The summed E-state index contributed by atoms with van der Waals surface area (Å²) < 4.78 is 9.60. The van der Waals surface area contributed by atoms with Crippen LogP contribution in [0.1, 0.15) is 53.0 Å². The fourth-order valence-corrected chi connectivity index (χ4v) is 6.25. The van der Waals surface area contributed by atoms with Crippen molar-refractivity contribution in [2.75, 3.05) is 7.11 Å². The van der Waals surface area contributed by atoms with Crippen LogP contribution in [0, 0.1) is 27.7 Å². The van der Waals surface area contributed by atoms with Gasteiger partial charge in [-0.25, -0.2) is 9.79 Å². The topological polar surface area (TPSA) is 65.6 Å². The lowest BCUT2D eigenvalue weighted by Gasteiger charge is -2.25. The highest BCUT2D eigenvalue weighted by atomic mass is 32.1. The van der Waals surface area contributed by atoms with E-state index in [4.69, 9.17) is 9.73 Å². The van der Waals surface area contributed by atoms with Gasteiger partial charge in [-0.1, -0.05) is 60.7 Å². The lowest BCUT2D eigenvalue weighted by molar-refractivity contribution is -0.136. The fraction of sp³-hybridized carbons (Fsp3) is 0.258. The van der Waals surface area contributed by atoms with Gasteiger partial charge in [-0.15, -0.1) is 0 Å². The number of allylic oxidation sites excluding steroid dienone is 1. The van der Waals surface area contributed by atoms with Crippen molar-refractivity contribution in [2.45, 2.75) is 47.1 Å². The number of esters is 1. The van der Waals surface area contributed by atoms with Crippen LogP contribution in [0.4, 0.5) is 0 Å². The number of benzene rings is 2. The Kier molecular flexibility index (Phi) is 6.80. The number of methoxy groups -OCH3 is 1. The average molecular weight is 526 g/mol. The molecule has 0 bridgehead atoms. The lowest BCUT2D eigenvalue weighted by Crippen LogP contribution is -2.40. The summed E-state index contributed by atoms with van der Waals surface area (Å²) in [4.78, 5) is 32.2. The minimum Gasteiger partial charge on any atom is -0.466 e. The van der Waals surface area contributed by atoms with Crippen molar-refractivity contribution < 1.29 is 9.53 Å². The molecule has 0 radical (unpaired) electrons. The van der Waals surface area contributed by atoms with Gasteiger partial charge >= 0.3 is 5.97 Å². The average Bonchev–Trinajstić information content (AvgIpc) is 3.38. The third-order valence-corrected chi connectivity index (χ3v) is 8.32. The largest absolute Gasteiger partial charge is 0.466 e. The number of ether oxygens (including phenoxy) is 1. The van der Waals surface area contributed by atoms with Gasteiger partial charge in [-0.2, -0.15) is 0 Å². The predicted molar refractivity (Wildman–Crippen MR) is 152 cm³/mol. The second-order valence-electron chi connectivity index (χ2n) is 9.58. The van der Waals surface area contributed by atoms with E-state index in [0.717, 1.165) is 28.2 Å². The minimum absolute atomic E-state index is 0.171. The van der Waals surface area contributed by atoms with Gasteiger partial charge in [0.2, 0.25) is 0 Å². The number of thiazole rings is 1. The van der Waals surface area contributed by atoms with Crippen molar-refractivity contribution in [3.63, 3.8) is 0 Å². The zero-order chi connectivity index (χ0) is 27.1. The Hall–Kier alpha value is -3.97. The maximum Gasteiger partial charge on any atom is 0.338 e. The third kappa shape index (κ3) is 4.17. The molecule has 194 valence electrons. The van der Waals surface area contributed by atoms with Gasteiger partial charge in [0.25, 0.3) is 5.56 Å². The molecule has 0 amide bonds. The summed E-state index contributed by atoms with van der Waals surface area (Å²) >= 11 is 1.35. The van der Waals surface area contributed by atoms with Crippen LogP contribution in [0.25, 0.3) is 11.8 Å². The van der Waals surface area contributed by atoms with Gasteiger partial charge in [-0.3, -0.25) is 9.36 Å². The zero-order valence-corrected chi connectivity index (χ0v) is 23.3. The highest BCUT2D eigenvalue weighted by Crippen LogP contribution is 2.32. The van der Waals surface area contributed by atoms with Crippen molar-refractivity contribution in [2.24, 2.45) is 4.99 Å². The van der Waals surface area contributed by atoms with E-state index in [1.807, 2.05) is 43.3 Å². The third-order valence-electron chi connectivity index (χ3n) is 7.34. The second kappa shape index (κ2) is 10.1. The molecule has 0 unspecified atom stereocenters. The summed E-state index contributed by atoms with van der Waals surface area (Å²) in [7, 11) is 1.36. The fourth-order valence-electron chi connectivity index (χ4n) is 5.24. The molecular formula is C31H31N3O3S. The van der Waals surface area contributed by atoms with Crippen LogP contribution in [0.2, 0.25) is 0 Å². The van der Waals surface area contributed by atoms with E-state index < -0.39 is 12.0 Å². The normalized spacial score (nSPS) is 15.4. The molecule has 1 atom stereocenters. The van der Waals surface area contributed by atoms with Crippen molar-refractivity contribution in [3.05, 3.63) is 119 Å². The van der Waals surface area contributed by atoms with Crippen LogP contribution >= 0.6 is 11.3 Å². The van der Waals surface area contributed by atoms with Gasteiger partial charge < -0.3 is 9.30 Å². The minimum atomic E-state index is -0.598. The number of carbonyl (C=O) groups is 1. The first-order chi connectivity index (χ1) is 18.3. The molecule has 0 saturated carbocycles. The van der Waals surface area contributed by atoms with Gasteiger partial charge in [0.1, 0.15) is 0 Å². The smallest absolute Gasteiger partial charge is 0.338 e. The Morgan fingerprint density at radius 2 is 1.82 bits per heavy atom. The summed E-state index contributed by atoms with van der Waals surface area (Å²) in [6.07, 6.45) is 2.50. The Morgan fingerprint density at radius 1 is 1.08 bits per heavy atom. The van der Waals surface area contributed by atoms with Gasteiger partial charge in [0.05, 0.1) is 29.0 Å². The van der Waals surface area contributed by atoms with Crippen molar-refractivity contribution >= 4 is 23.4 Å². The monoisotopic (exact) mass is 525 g/mol. The van der Waals surface area contributed by atoms with Crippen LogP contribution in [0.15, 0.2) is 75.7 Å². The van der Waals surface area contributed by atoms with E-state index in [1.54, 1.807) is 4.57 Å². The first kappa shape index (κ1) is 25.7. The van der Waals surface area contributed by atoms with Crippen molar-refractivity contribution in [3.8, 4) is 5.69 Å². The van der Waals surface area contributed by atoms with E-state index >= 15 is 0 Å². The van der Waals surface area contributed by atoms with Gasteiger partial charge in [0, 0.05) is 17.1 Å². The molecule has 0 aliphatic carbocycles. The molecule has 0 spiro atoms. The summed E-state index contributed by atoms with van der Waals surface area (Å²) in [5.74, 6) is -0.467. The first-order valence-electron chi connectivity index (χ1n) is 12.7. The molecule has 7 heteroatoms. The Labute approximate surface area is 225 Å². The molecule has 0 fully saturated rings. The van der Waals surface area contributed by atoms with E-state index in [2.05, 4.69) is 56.5 Å². The van der Waals surface area contributed by atoms with Crippen molar-refractivity contribution in [1.82, 2.24) is 9.13 Å². The maximum atomic E-state index is 13.9. The quantitative estimate of drug-likeness (QED) is 0.351. The molecule has 2 aromatic carbocycles.